The summed E-state index contributed by atoms with van der Waals surface area (Å²) >= 11 is 0. The van der Waals surface area contributed by atoms with Crippen LogP contribution in [0.5, 0.6) is 0 Å². The molecule has 1 aromatic rings. The maximum atomic E-state index is 11.8. The number of hydrogen-bond donors (Lipinski definition) is 2. The molecule has 1 aliphatic heterocycles. The molecular weight excluding hydrogens is 294 g/mol. The first-order chi connectivity index (χ1) is 9.75. The summed E-state index contributed by atoms with van der Waals surface area (Å²) in [6.07, 6.45) is 0. The third kappa shape index (κ3) is 6.01. The van der Waals surface area contributed by atoms with Gasteiger partial charge in [-0.05, 0) is 12.1 Å². The van der Waals surface area contributed by atoms with Gasteiger partial charge in [-0.25, -0.2) is 0 Å². The zero-order valence-electron chi connectivity index (χ0n) is 11.7. The fourth-order valence-electron chi connectivity index (χ4n) is 1.90. The van der Waals surface area contributed by atoms with Crippen molar-refractivity contribution in [3.05, 3.63) is 30.3 Å². The van der Waals surface area contributed by atoms with Gasteiger partial charge in [-0.1, -0.05) is 18.2 Å². The van der Waals surface area contributed by atoms with Gasteiger partial charge in [0, 0.05) is 18.8 Å². The van der Waals surface area contributed by atoms with Crippen LogP contribution < -0.4 is 10.6 Å². The van der Waals surface area contributed by atoms with E-state index in [9.17, 15) is 9.59 Å². The Hall–Kier alpha value is -1.79. The van der Waals surface area contributed by atoms with Crippen LogP contribution >= 0.6 is 12.4 Å². The number of hydrogen-bond acceptors (Lipinski definition) is 4. The van der Waals surface area contributed by atoms with Gasteiger partial charge in [-0.3, -0.25) is 9.59 Å². The molecule has 2 rings (SSSR count). The standard InChI is InChI=1S/C14H19N3O3.ClH/c18-13(10-15-12-4-2-1-3-5-12)16-11-14(19)17-6-8-20-9-7-17;/h1-5,15H,6-11H2,(H,16,18);1H. The van der Waals surface area contributed by atoms with Crippen LogP contribution in [0.2, 0.25) is 0 Å². The van der Waals surface area contributed by atoms with Crippen LogP contribution in [0.25, 0.3) is 0 Å². The molecule has 0 saturated carbocycles. The lowest BCUT2D eigenvalue weighted by molar-refractivity contribution is -0.136. The van der Waals surface area contributed by atoms with Gasteiger partial charge in [0.25, 0.3) is 0 Å². The van der Waals surface area contributed by atoms with Gasteiger partial charge in [-0.2, -0.15) is 0 Å². The van der Waals surface area contributed by atoms with Crippen molar-refractivity contribution in [1.29, 1.82) is 0 Å². The van der Waals surface area contributed by atoms with E-state index in [1.165, 1.54) is 0 Å². The Kier molecular flexibility index (Phi) is 7.56. The molecule has 0 spiro atoms. The fraction of sp³-hybridized carbons (Fsp3) is 0.429. The van der Waals surface area contributed by atoms with Crippen molar-refractivity contribution in [2.24, 2.45) is 0 Å². The van der Waals surface area contributed by atoms with Crippen LogP contribution in [-0.2, 0) is 14.3 Å². The number of nitrogens with one attached hydrogen (secondary N) is 2. The maximum absolute atomic E-state index is 11.8. The van der Waals surface area contributed by atoms with Crippen LogP contribution in [-0.4, -0.2) is 56.1 Å². The van der Waals surface area contributed by atoms with E-state index < -0.39 is 0 Å². The van der Waals surface area contributed by atoms with E-state index in [-0.39, 0.29) is 37.3 Å². The molecule has 1 aliphatic rings. The van der Waals surface area contributed by atoms with Crippen molar-refractivity contribution in [1.82, 2.24) is 10.2 Å². The molecule has 1 saturated heterocycles. The number of para-hydroxylation sites is 1. The molecule has 7 heteroatoms. The summed E-state index contributed by atoms with van der Waals surface area (Å²) in [7, 11) is 0. The molecule has 1 aromatic carbocycles. The highest BCUT2D eigenvalue weighted by molar-refractivity contribution is 5.86. The molecule has 2 N–H and O–H groups in total. The number of rotatable bonds is 5. The summed E-state index contributed by atoms with van der Waals surface area (Å²) in [5, 5.41) is 5.61. The fourth-order valence-corrected chi connectivity index (χ4v) is 1.90. The topological polar surface area (TPSA) is 70.7 Å². The number of halogens is 1. The Balaban J connectivity index is 0.00000220. The first-order valence-electron chi connectivity index (χ1n) is 6.67. The van der Waals surface area contributed by atoms with Gasteiger partial charge >= 0.3 is 0 Å². The van der Waals surface area contributed by atoms with Gasteiger partial charge in [-0.15, -0.1) is 12.4 Å². The Labute approximate surface area is 130 Å². The lowest BCUT2D eigenvalue weighted by atomic mass is 10.3. The quantitative estimate of drug-likeness (QED) is 0.830. The summed E-state index contributed by atoms with van der Waals surface area (Å²) < 4.78 is 5.17. The third-order valence-electron chi connectivity index (χ3n) is 3.03. The number of carbonyl (C=O) groups excluding carboxylic acids is 2. The third-order valence-corrected chi connectivity index (χ3v) is 3.03. The molecule has 0 atom stereocenters. The Morgan fingerprint density at radius 2 is 1.76 bits per heavy atom. The van der Waals surface area contributed by atoms with E-state index in [4.69, 9.17) is 4.74 Å². The van der Waals surface area contributed by atoms with Gasteiger partial charge in [0.1, 0.15) is 0 Å². The summed E-state index contributed by atoms with van der Waals surface area (Å²) in [5.41, 5.74) is 0.877. The van der Waals surface area contributed by atoms with Crippen molar-refractivity contribution in [3.8, 4) is 0 Å². The molecule has 0 aliphatic carbocycles. The molecule has 1 fully saturated rings. The minimum Gasteiger partial charge on any atom is -0.378 e. The zero-order valence-corrected chi connectivity index (χ0v) is 12.5. The molecule has 0 radical (unpaired) electrons. The average Bonchev–Trinajstić information content (AvgIpc) is 2.52. The minimum atomic E-state index is -0.199. The first-order valence-corrected chi connectivity index (χ1v) is 6.67. The molecule has 0 bridgehead atoms. The molecule has 116 valence electrons. The van der Waals surface area contributed by atoms with Gasteiger partial charge < -0.3 is 20.3 Å². The largest absolute Gasteiger partial charge is 0.378 e. The highest BCUT2D eigenvalue weighted by atomic mass is 35.5. The van der Waals surface area contributed by atoms with E-state index in [0.717, 1.165) is 5.69 Å². The lowest BCUT2D eigenvalue weighted by Gasteiger charge is -2.26. The molecule has 21 heavy (non-hydrogen) atoms. The van der Waals surface area contributed by atoms with Crippen LogP contribution in [0.4, 0.5) is 5.69 Å². The average molecular weight is 314 g/mol. The summed E-state index contributed by atoms with van der Waals surface area (Å²) in [6, 6.07) is 9.45. The Morgan fingerprint density at radius 1 is 1.10 bits per heavy atom. The predicted molar refractivity (Wildman–Crippen MR) is 82.6 cm³/mol. The maximum Gasteiger partial charge on any atom is 0.242 e. The van der Waals surface area contributed by atoms with Gasteiger partial charge in [0.05, 0.1) is 26.3 Å². The van der Waals surface area contributed by atoms with E-state index in [2.05, 4.69) is 10.6 Å². The smallest absolute Gasteiger partial charge is 0.242 e. The second-order valence-electron chi connectivity index (χ2n) is 4.49. The normalized spacial score (nSPS) is 14.0. The molecule has 0 aromatic heterocycles. The van der Waals surface area contributed by atoms with Gasteiger partial charge in [0.2, 0.25) is 11.8 Å². The first kappa shape index (κ1) is 17.3. The lowest BCUT2D eigenvalue weighted by Crippen LogP contribution is -2.46. The second kappa shape index (κ2) is 9.20. The van der Waals surface area contributed by atoms with Crippen LogP contribution in [0, 0.1) is 0 Å². The SMILES string of the molecule is Cl.O=C(CNc1ccccc1)NCC(=O)N1CCOCC1. The number of ether oxygens (including phenoxy) is 1. The summed E-state index contributed by atoms with van der Waals surface area (Å²) in [4.78, 5) is 25.1. The molecular formula is C14H20ClN3O3. The number of amides is 2. The van der Waals surface area contributed by atoms with E-state index >= 15 is 0 Å². The Morgan fingerprint density at radius 3 is 2.43 bits per heavy atom. The van der Waals surface area contributed by atoms with Crippen molar-refractivity contribution in [2.45, 2.75) is 0 Å². The highest BCUT2D eigenvalue weighted by Gasteiger charge is 2.16. The minimum absolute atomic E-state index is 0. The molecule has 1 heterocycles. The van der Waals surface area contributed by atoms with E-state index in [0.29, 0.717) is 26.3 Å². The summed E-state index contributed by atoms with van der Waals surface area (Å²) in [6.45, 7) is 2.51. The van der Waals surface area contributed by atoms with Crippen molar-refractivity contribution in [2.75, 3.05) is 44.7 Å². The molecule has 6 nitrogen and oxygen atoms in total. The van der Waals surface area contributed by atoms with Crippen LogP contribution in [0.15, 0.2) is 30.3 Å². The number of morpholine rings is 1. The van der Waals surface area contributed by atoms with Crippen molar-refractivity contribution in [3.63, 3.8) is 0 Å². The van der Waals surface area contributed by atoms with E-state index in [1.807, 2.05) is 30.3 Å². The van der Waals surface area contributed by atoms with Crippen molar-refractivity contribution >= 4 is 29.9 Å². The molecule has 0 unspecified atom stereocenters. The number of benzene rings is 1. The Bertz CT molecular complexity index is 450. The van der Waals surface area contributed by atoms with Crippen molar-refractivity contribution < 1.29 is 14.3 Å². The highest BCUT2D eigenvalue weighted by Crippen LogP contribution is 2.03. The van der Waals surface area contributed by atoms with Gasteiger partial charge in [0.15, 0.2) is 0 Å². The van der Waals surface area contributed by atoms with E-state index in [1.54, 1.807) is 4.90 Å². The molecule has 2 amide bonds. The summed E-state index contributed by atoms with van der Waals surface area (Å²) in [5.74, 6) is -0.267. The number of anilines is 1. The zero-order chi connectivity index (χ0) is 14.2. The number of nitrogens with zero attached hydrogens (tertiary/aromatic N) is 1. The predicted octanol–water partition coefficient (Wildman–Crippen LogP) is 0.495. The number of carbonyl (C=O) groups is 2. The van der Waals surface area contributed by atoms with Crippen LogP contribution in [0.1, 0.15) is 0 Å². The van der Waals surface area contributed by atoms with Crippen LogP contribution in [0.3, 0.4) is 0 Å². The second-order valence-corrected chi connectivity index (χ2v) is 4.49. The monoisotopic (exact) mass is 313 g/mol.